The van der Waals surface area contributed by atoms with E-state index in [1.807, 2.05) is 6.92 Å². The van der Waals surface area contributed by atoms with Gasteiger partial charge in [-0.25, -0.2) is 0 Å². The normalized spacial score (nSPS) is 11.8. The van der Waals surface area contributed by atoms with Crippen LogP contribution in [0.15, 0.2) is 24.3 Å². The van der Waals surface area contributed by atoms with Crippen molar-refractivity contribution < 1.29 is 17.9 Å². The molecule has 0 aliphatic heterocycles. The third-order valence-corrected chi connectivity index (χ3v) is 3.15. The molecule has 1 aromatic carbocycles. The molecular formula is C12H10F3NOSe. The molecule has 2 rings (SSSR count). The zero-order chi connectivity index (χ0) is 13.3. The fourth-order valence-corrected chi connectivity index (χ4v) is 2.11. The summed E-state index contributed by atoms with van der Waals surface area (Å²) in [7, 11) is 0. The molecule has 0 aliphatic carbocycles. The average Bonchev–Trinajstić information content (AvgIpc) is 2.70. The van der Waals surface area contributed by atoms with Gasteiger partial charge in [0.05, 0.1) is 0 Å². The van der Waals surface area contributed by atoms with E-state index >= 15 is 0 Å². The SMILES string of the molecule is CCOC(=[Se])c1cc2cc(C(F)(F)F)ccc2[nH]1. The van der Waals surface area contributed by atoms with E-state index in [0.29, 0.717) is 27.8 Å². The second-order valence-electron chi connectivity index (χ2n) is 3.70. The van der Waals surface area contributed by atoms with Crippen LogP contribution in [-0.4, -0.2) is 31.8 Å². The van der Waals surface area contributed by atoms with Crippen molar-refractivity contribution in [3.8, 4) is 0 Å². The summed E-state index contributed by atoms with van der Waals surface area (Å²) in [5.74, 6) is 0. The first-order chi connectivity index (χ1) is 8.41. The molecule has 0 radical (unpaired) electrons. The summed E-state index contributed by atoms with van der Waals surface area (Å²) in [4.78, 5) is 3.00. The van der Waals surface area contributed by atoms with Gasteiger partial charge < -0.3 is 0 Å². The first-order valence-electron chi connectivity index (χ1n) is 5.29. The number of alkyl halides is 3. The van der Waals surface area contributed by atoms with E-state index in [9.17, 15) is 13.2 Å². The molecule has 2 aromatic rings. The molecule has 0 aliphatic rings. The van der Waals surface area contributed by atoms with E-state index in [-0.39, 0.29) is 0 Å². The maximum atomic E-state index is 12.6. The predicted octanol–water partition coefficient (Wildman–Crippen LogP) is 2.87. The third-order valence-electron chi connectivity index (χ3n) is 2.44. The standard InChI is InChI=1S/C12H10F3NOSe/c1-2-17-11(18)10-6-7-5-8(12(13,14)15)3-4-9(7)16-10/h3-6,16H,2H2,1H3. The number of H-pyrrole nitrogens is 1. The number of aromatic amines is 1. The molecular weight excluding hydrogens is 310 g/mol. The van der Waals surface area contributed by atoms with Gasteiger partial charge in [-0.15, -0.1) is 0 Å². The van der Waals surface area contributed by atoms with Gasteiger partial charge in [-0.2, -0.15) is 0 Å². The molecule has 1 aromatic heterocycles. The fraction of sp³-hybridized carbons (Fsp3) is 0.250. The Balaban J connectivity index is 2.43. The minimum absolute atomic E-state index is 0.492. The summed E-state index contributed by atoms with van der Waals surface area (Å²) < 4.78 is 43.5. The molecule has 6 heteroatoms. The van der Waals surface area contributed by atoms with Crippen molar-refractivity contribution in [2.24, 2.45) is 0 Å². The number of halogens is 3. The number of fused-ring (bicyclic) bond motifs is 1. The average molecular weight is 320 g/mol. The Kier molecular flexibility index (Phi) is 3.50. The van der Waals surface area contributed by atoms with Gasteiger partial charge in [-0.05, 0) is 0 Å². The summed E-state index contributed by atoms with van der Waals surface area (Å²) >= 11 is 2.74. The van der Waals surface area contributed by atoms with Crippen LogP contribution in [0.25, 0.3) is 10.9 Å². The van der Waals surface area contributed by atoms with Gasteiger partial charge in [0.1, 0.15) is 0 Å². The molecule has 0 fully saturated rings. The Labute approximate surface area is 109 Å². The van der Waals surface area contributed by atoms with Crippen LogP contribution in [0.2, 0.25) is 0 Å². The fourth-order valence-electron chi connectivity index (χ4n) is 1.63. The molecule has 18 heavy (non-hydrogen) atoms. The van der Waals surface area contributed by atoms with Gasteiger partial charge in [0.25, 0.3) is 0 Å². The van der Waals surface area contributed by atoms with Gasteiger partial charge in [0.2, 0.25) is 0 Å². The Morgan fingerprint density at radius 1 is 1.33 bits per heavy atom. The van der Waals surface area contributed by atoms with Crippen molar-refractivity contribution >= 4 is 31.1 Å². The Hall–Kier alpha value is -1.26. The molecule has 0 saturated heterocycles. The van der Waals surface area contributed by atoms with Gasteiger partial charge >= 0.3 is 109 Å². The van der Waals surface area contributed by atoms with Gasteiger partial charge in [0, 0.05) is 0 Å². The van der Waals surface area contributed by atoms with Crippen LogP contribution in [-0.2, 0) is 10.9 Å². The third kappa shape index (κ3) is 2.60. The van der Waals surface area contributed by atoms with Gasteiger partial charge in [-0.3, -0.25) is 0 Å². The van der Waals surface area contributed by atoms with E-state index < -0.39 is 11.7 Å². The molecule has 0 saturated carbocycles. The zero-order valence-electron chi connectivity index (χ0n) is 9.47. The van der Waals surface area contributed by atoms with Crippen LogP contribution in [0.5, 0.6) is 0 Å². The van der Waals surface area contributed by atoms with Crippen LogP contribution in [0.4, 0.5) is 13.2 Å². The van der Waals surface area contributed by atoms with Crippen molar-refractivity contribution in [3.63, 3.8) is 0 Å². The maximum absolute atomic E-state index is 12.6. The van der Waals surface area contributed by atoms with Crippen LogP contribution < -0.4 is 0 Å². The minimum atomic E-state index is -4.32. The summed E-state index contributed by atoms with van der Waals surface area (Å²) in [5.41, 5.74) is 0.634. The number of rotatable bonds is 3. The first-order valence-corrected chi connectivity index (χ1v) is 6.14. The van der Waals surface area contributed by atoms with E-state index in [4.69, 9.17) is 4.74 Å². The molecule has 0 bridgehead atoms. The summed E-state index contributed by atoms with van der Waals surface area (Å²) in [6, 6.07) is 5.23. The Morgan fingerprint density at radius 3 is 2.67 bits per heavy atom. The van der Waals surface area contributed by atoms with Crippen molar-refractivity contribution in [2.45, 2.75) is 13.1 Å². The second kappa shape index (κ2) is 4.78. The Morgan fingerprint density at radius 2 is 2.06 bits per heavy atom. The number of hydrogen-bond donors (Lipinski definition) is 1. The number of nitrogens with one attached hydrogen (secondary N) is 1. The van der Waals surface area contributed by atoms with Gasteiger partial charge in [0.15, 0.2) is 0 Å². The summed E-state index contributed by atoms with van der Waals surface area (Å²) in [5, 5.41) is 0.507. The van der Waals surface area contributed by atoms with Crippen molar-refractivity contribution in [1.82, 2.24) is 4.98 Å². The van der Waals surface area contributed by atoms with Crippen LogP contribution in [0, 0.1) is 0 Å². The quantitative estimate of drug-likeness (QED) is 0.865. The molecule has 0 unspecified atom stereocenters. The molecule has 0 spiro atoms. The van der Waals surface area contributed by atoms with Crippen molar-refractivity contribution in [2.75, 3.05) is 6.61 Å². The molecule has 1 N–H and O–H groups in total. The number of ether oxygens (including phenoxy) is 1. The van der Waals surface area contributed by atoms with E-state index in [0.717, 1.165) is 12.1 Å². The van der Waals surface area contributed by atoms with Crippen LogP contribution in [0.3, 0.4) is 0 Å². The second-order valence-corrected chi connectivity index (χ2v) is 4.48. The number of benzene rings is 1. The number of aromatic nitrogens is 1. The van der Waals surface area contributed by atoms with Crippen LogP contribution in [0.1, 0.15) is 18.2 Å². The number of hydrogen-bond acceptors (Lipinski definition) is 1. The van der Waals surface area contributed by atoms with E-state index in [2.05, 4.69) is 20.6 Å². The monoisotopic (exact) mass is 321 g/mol. The summed E-state index contributed by atoms with van der Waals surface area (Å²) in [6.45, 7) is 2.33. The summed E-state index contributed by atoms with van der Waals surface area (Å²) in [6.07, 6.45) is -4.32. The molecule has 0 amide bonds. The molecule has 2 nitrogen and oxygen atoms in total. The van der Waals surface area contributed by atoms with Gasteiger partial charge in [-0.1, -0.05) is 0 Å². The van der Waals surface area contributed by atoms with E-state index in [1.54, 1.807) is 6.07 Å². The van der Waals surface area contributed by atoms with Crippen LogP contribution >= 0.6 is 0 Å². The predicted molar refractivity (Wildman–Crippen MR) is 64.8 cm³/mol. The van der Waals surface area contributed by atoms with Crippen molar-refractivity contribution in [3.05, 3.63) is 35.5 Å². The van der Waals surface area contributed by atoms with E-state index in [1.165, 1.54) is 6.07 Å². The topological polar surface area (TPSA) is 25.0 Å². The van der Waals surface area contributed by atoms with Crippen molar-refractivity contribution in [1.29, 1.82) is 0 Å². The molecule has 96 valence electrons. The Bertz CT molecular complexity index is 589. The zero-order valence-corrected chi connectivity index (χ0v) is 11.2. The molecule has 1 heterocycles. The first kappa shape index (κ1) is 13.2. The molecule has 0 atom stereocenters.